The number of halogens is 2. The Bertz CT molecular complexity index is 389. The Morgan fingerprint density at radius 1 is 1.53 bits per heavy atom. The first-order valence-corrected chi connectivity index (χ1v) is 6.04. The average Bonchev–Trinajstić information content (AvgIpc) is 2.18. The second-order valence-electron chi connectivity index (χ2n) is 5.62. The number of rotatable bonds is 2. The van der Waals surface area contributed by atoms with E-state index in [1.54, 1.807) is 20.8 Å². The van der Waals surface area contributed by atoms with Crippen molar-refractivity contribution in [3.8, 4) is 0 Å². The standard InChI is InChI=1S/C11H18F2N4O2/c1-10(2,3)19-9(18)15-8-6-11(12,13)5-4-7(8)16-17-14/h7-8H,4-6H2,1-3H3,(H,15,18)/t7?,8-/m1/s1. The minimum absolute atomic E-state index is 0.0392. The van der Waals surface area contributed by atoms with Gasteiger partial charge < -0.3 is 10.1 Å². The van der Waals surface area contributed by atoms with E-state index in [9.17, 15) is 13.6 Å². The van der Waals surface area contributed by atoms with Gasteiger partial charge in [0.25, 0.3) is 0 Å². The van der Waals surface area contributed by atoms with Gasteiger partial charge >= 0.3 is 6.09 Å². The molecule has 0 saturated heterocycles. The van der Waals surface area contributed by atoms with Gasteiger partial charge in [-0.1, -0.05) is 5.11 Å². The number of alkyl carbamates (subject to hydrolysis) is 1. The molecule has 0 radical (unpaired) electrons. The molecule has 1 aliphatic rings. The number of hydrogen-bond acceptors (Lipinski definition) is 3. The minimum Gasteiger partial charge on any atom is -0.444 e. The molecule has 0 heterocycles. The molecule has 6 nitrogen and oxygen atoms in total. The lowest BCUT2D eigenvalue weighted by molar-refractivity contribution is -0.0493. The molecular formula is C11H18F2N4O2. The van der Waals surface area contributed by atoms with Crippen LogP contribution in [0, 0.1) is 0 Å². The normalized spacial score (nSPS) is 26.2. The molecule has 1 saturated carbocycles. The largest absolute Gasteiger partial charge is 0.444 e. The SMILES string of the molecule is CC(C)(C)OC(=O)N[C@@H]1CC(F)(F)CCC1N=[N+]=[N-]. The third-order valence-electron chi connectivity index (χ3n) is 2.69. The number of alkyl halides is 2. The molecule has 1 fully saturated rings. The predicted octanol–water partition coefficient (Wildman–Crippen LogP) is 3.38. The highest BCUT2D eigenvalue weighted by molar-refractivity contribution is 5.68. The number of carbonyl (C=O) groups excluding carboxylic acids is 1. The molecule has 0 aromatic heterocycles. The summed E-state index contributed by atoms with van der Waals surface area (Å²) in [6.07, 6.45) is -1.63. The third-order valence-corrected chi connectivity index (χ3v) is 2.69. The molecule has 1 unspecified atom stereocenters. The van der Waals surface area contributed by atoms with Crippen molar-refractivity contribution in [3.63, 3.8) is 0 Å². The highest BCUT2D eigenvalue weighted by Gasteiger charge is 2.42. The number of azide groups is 1. The Morgan fingerprint density at radius 2 is 2.16 bits per heavy atom. The van der Waals surface area contributed by atoms with Gasteiger partial charge in [-0.05, 0) is 32.7 Å². The van der Waals surface area contributed by atoms with E-state index in [0.29, 0.717) is 0 Å². The van der Waals surface area contributed by atoms with Crippen LogP contribution < -0.4 is 5.32 Å². The van der Waals surface area contributed by atoms with Crippen LogP contribution in [0.2, 0.25) is 0 Å². The Balaban J connectivity index is 2.70. The molecule has 2 atom stereocenters. The summed E-state index contributed by atoms with van der Waals surface area (Å²) in [5, 5.41) is 5.82. The summed E-state index contributed by atoms with van der Waals surface area (Å²) in [4.78, 5) is 14.2. The summed E-state index contributed by atoms with van der Waals surface area (Å²) < 4.78 is 31.7. The van der Waals surface area contributed by atoms with E-state index in [1.165, 1.54) is 0 Å². The number of nitrogens with zero attached hydrogens (tertiary/aromatic N) is 3. The topological polar surface area (TPSA) is 87.1 Å². The first kappa shape index (κ1) is 15.5. The molecule has 1 aliphatic carbocycles. The van der Waals surface area contributed by atoms with Gasteiger partial charge in [-0.25, -0.2) is 13.6 Å². The first-order valence-electron chi connectivity index (χ1n) is 6.04. The summed E-state index contributed by atoms with van der Waals surface area (Å²) in [7, 11) is 0. The third kappa shape index (κ3) is 5.30. The molecule has 1 amide bonds. The van der Waals surface area contributed by atoms with Crippen molar-refractivity contribution in [1.29, 1.82) is 0 Å². The van der Waals surface area contributed by atoms with Crippen LogP contribution in [0.4, 0.5) is 13.6 Å². The number of nitrogens with one attached hydrogen (secondary N) is 1. The fourth-order valence-corrected chi connectivity index (χ4v) is 1.93. The van der Waals surface area contributed by atoms with Crippen LogP contribution in [0.5, 0.6) is 0 Å². The lowest BCUT2D eigenvalue weighted by atomic mass is 9.88. The van der Waals surface area contributed by atoms with Crippen LogP contribution >= 0.6 is 0 Å². The Hall–Kier alpha value is -1.56. The molecule has 108 valence electrons. The molecule has 0 spiro atoms. The Kier molecular flexibility index (Phi) is 4.57. The second kappa shape index (κ2) is 5.61. The van der Waals surface area contributed by atoms with E-state index in [1.807, 2.05) is 0 Å². The van der Waals surface area contributed by atoms with Gasteiger partial charge in [0.1, 0.15) is 5.60 Å². The molecule has 0 aromatic rings. The smallest absolute Gasteiger partial charge is 0.407 e. The number of hydrogen-bond donors (Lipinski definition) is 1. The molecule has 19 heavy (non-hydrogen) atoms. The molecule has 1 rings (SSSR count). The maximum Gasteiger partial charge on any atom is 0.407 e. The lowest BCUT2D eigenvalue weighted by Gasteiger charge is -2.34. The van der Waals surface area contributed by atoms with Gasteiger partial charge in [-0.2, -0.15) is 0 Å². The van der Waals surface area contributed by atoms with Crippen LogP contribution in [0.3, 0.4) is 0 Å². The maximum atomic E-state index is 13.3. The predicted molar refractivity (Wildman–Crippen MR) is 64.9 cm³/mol. The minimum atomic E-state index is -2.86. The van der Waals surface area contributed by atoms with Crippen LogP contribution in [-0.2, 0) is 4.74 Å². The number of ether oxygens (including phenoxy) is 1. The van der Waals surface area contributed by atoms with Gasteiger partial charge in [-0.15, -0.1) is 0 Å². The van der Waals surface area contributed by atoms with E-state index in [-0.39, 0.29) is 12.8 Å². The molecular weight excluding hydrogens is 258 g/mol. The summed E-state index contributed by atoms with van der Waals surface area (Å²) in [5.41, 5.74) is 7.70. The van der Waals surface area contributed by atoms with E-state index < -0.39 is 36.1 Å². The summed E-state index contributed by atoms with van der Waals surface area (Å²) >= 11 is 0. The molecule has 1 N–H and O–H groups in total. The number of amides is 1. The van der Waals surface area contributed by atoms with Crippen LogP contribution in [-0.4, -0.2) is 29.7 Å². The van der Waals surface area contributed by atoms with Crippen LogP contribution in [0.15, 0.2) is 5.11 Å². The first-order chi connectivity index (χ1) is 8.63. The van der Waals surface area contributed by atoms with E-state index in [0.717, 1.165) is 0 Å². The van der Waals surface area contributed by atoms with Crippen LogP contribution in [0.25, 0.3) is 10.4 Å². The van der Waals surface area contributed by atoms with Crippen molar-refractivity contribution >= 4 is 6.09 Å². The monoisotopic (exact) mass is 276 g/mol. The summed E-state index contributed by atoms with van der Waals surface area (Å²) in [6.45, 7) is 5.02. The van der Waals surface area contributed by atoms with Crippen molar-refractivity contribution in [3.05, 3.63) is 10.4 Å². The van der Waals surface area contributed by atoms with Gasteiger partial charge in [0.2, 0.25) is 5.92 Å². The highest BCUT2D eigenvalue weighted by atomic mass is 19.3. The fraction of sp³-hybridized carbons (Fsp3) is 0.909. The van der Waals surface area contributed by atoms with Gasteiger partial charge in [0.05, 0.1) is 6.04 Å². The van der Waals surface area contributed by atoms with E-state index >= 15 is 0 Å². The van der Waals surface area contributed by atoms with Crippen molar-refractivity contribution in [2.24, 2.45) is 5.11 Å². The van der Waals surface area contributed by atoms with Crippen LogP contribution in [0.1, 0.15) is 40.0 Å². The Morgan fingerprint density at radius 3 is 2.68 bits per heavy atom. The maximum absolute atomic E-state index is 13.3. The second-order valence-corrected chi connectivity index (χ2v) is 5.62. The Labute approximate surface area is 110 Å². The molecule has 0 aliphatic heterocycles. The van der Waals surface area contributed by atoms with Crippen molar-refractivity contribution < 1.29 is 18.3 Å². The van der Waals surface area contributed by atoms with E-state index in [2.05, 4.69) is 15.3 Å². The van der Waals surface area contributed by atoms with Gasteiger partial charge in [-0.3, -0.25) is 0 Å². The van der Waals surface area contributed by atoms with Crippen molar-refractivity contribution in [1.82, 2.24) is 5.32 Å². The zero-order valence-corrected chi connectivity index (χ0v) is 11.2. The highest BCUT2D eigenvalue weighted by Crippen LogP contribution is 2.34. The fourth-order valence-electron chi connectivity index (χ4n) is 1.93. The van der Waals surface area contributed by atoms with E-state index in [4.69, 9.17) is 10.3 Å². The molecule has 8 heteroatoms. The summed E-state index contributed by atoms with van der Waals surface area (Å²) in [6, 6.07) is -1.58. The zero-order chi connectivity index (χ0) is 14.7. The summed E-state index contributed by atoms with van der Waals surface area (Å²) in [5.74, 6) is -2.86. The molecule has 0 bridgehead atoms. The van der Waals surface area contributed by atoms with Gasteiger partial charge in [0.15, 0.2) is 0 Å². The molecule has 0 aromatic carbocycles. The average molecular weight is 276 g/mol. The zero-order valence-electron chi connectivity index (χ0n) is 11.2. The quantitative estimate of drug-likeness (QED) is 0.476. The number of carbonyl (C=O) groups is 1. The van der Waals surface area contributed by atoms with Gasteiger partial charge in [0, 0.05) is 23.8 Å². The van der Waals surface area contributed by atoms with Crippen molar-refractivity contribution in [2.45, 2.75) is 63.6 Å². The van der Waals surface area contributed by atoms with Crippen molar-refractivity contribution in [2.75, 3.05) is 0 Å². The lowest BCUT2D eigenvalue weighted by Crippen LogP contribution is -2.50.